The van der Waals surface area contributed by atoms with Crippen LogP contribution in [0.2, 0.25) is 0 Å². The molecule has 3 aromatic rings. The van der Waals surface area contributed by atoms with Gasteiger partial charge in [0.15, 0.2) is 0 Å². The standard InChI is InChI=1S/C23H24N2O7S/c1-3-16-12-23(26)32-22-13-17(4-6-19(16)22)31-21-7-5-18(14-20(21)25(27)28)33(29,30)24-10-8-15(2)9-11-24/h4-7,12-15H,3,8-11H2,1-2H3. The molecule has 0 unspecified atom stereocenters. The quantitative estimate of drug-likeness (QED) is 0.295. The van der Waals surface area contributed by atoms with Gasteiger partial charge in [0.25, 0.3) is 0 Å². The fourth-order valence-corrected chi connectivity index (χ4v) is 5.44. The molecule has 174 valence electrons. The highest BCUT2D eigenvalue weighted by Crippen LogP contribution is 2.36. The SMILES string of the molecule is CCc1cc(=O)oc2cc(Oc3ccc(S(=O)(=O)N4CCC(C)CC4)cc3[N+](=O)[O-])ccc12. The van der Waals surface area contributed by atoms with Crippen molar-refractivity contribution in [3.8, 4) is 11.5 Å². The van der Waals surface area contributed by atoms with Gasteiger partial charge in [-0.25, -0.2) is 13.2 Å². The van der Waals surface area contributed by atoms with Gasteiger partial charge < -0.3 is 9.15 Å². The largest absolute Gasteiger partial charge is 0.450 e. The molecule has 9 nitrogen and oxygen atoms in total. The third-order valence-corrected chi connectivity index (χ3v) is 7.81. The minimum Gasteiger partial charge on any atom is -0.450 e. The molecule has 0 atom stereocenters. The fourth-order valence-electron chi connectivity index (χ4n) is 3.95. The third-order valence-electron chi connectivity index (χ3n) is 5.92. The summed E-state index contributed by atoms with van der Waals surface area (Å²) in [4.78, 5) is 22.7. The molecule has 0 saturated carbocycles. The van der Waals surface area contributed by atoms with E-state index in [-0.39, 0.29) is 16.4 Å². The van der Waals surface area contributed by atoms with Crippen LogP contribution in [0.3, 0.4) is 0 Å². The maximum absolute atomic E-state index is 13.0. The summed E-state index contributed by atoms with van der Waals surface area (Å²) in [5.41, 5.74) is 0.160. The Bertz CT molecular complexity index is 1370. The summed E-state index contributed by atoms with van der Waals surface area (Å²) in [7, 11) is -3.85. The molecular weight excluding hydrogens is 448 g/mol. The van der Waals surface area contributed by atoms with Crippen LogP contribution in [0.15, 0.2) is 56.6 Å². The number of benzene rings is 2. The molecule has 0 amide bonds. The molecule has 2 heterocycles. The number of sulfonamides is 1. The monoisotopic (exact) mass is 472 g/mol. The van der Waals surface area contributed by atoms with Crippen molar-refractivity contribution in [1.82, 2.24) is 4.31 Å². The van der Waals surface area contributed by atoms with Gasteiger partial charge in [-0.2, -0.15) is 4.31 Å². The first-order valence-corrected chi connectivity index (χ1v) is 12.2. The molecule has 0 N–H and O–H groups in total. The van der Waals surface area contributed by atoms with Crippen molar-refractivity contribution in [3.05, 3.63) is 68.6 Å². The zero-order valence-electron chi connectivity index (χ0n) is 18.3. The molecule has 0 radical (unpaired) electrons. The van der Waals surface area contributed by atoms with Crippen LogP contribution in [-0.2, 0) is 16.4 Å². The van der Waals surface area contributed by atoms with E-state index in [9.17, 15) is 23.3 Å². The van der Waals surface area contributed by atoms with Crippen molar-refractivity contribution in [2.75, 3.05) is 13.1 Å². The zero-order chi connectivity index (χ0) is 23.8. The number of hydrogen-bond donors (Lipinski definition) is 0. The second-order valence-electron chi connectivity index (χ2n) is 8.18. The van der Waals surface area contributed by atoms with Gasteiger partial charge >= 0.3 is 11.3 Å². The van der Waals surface area contributed by atoms with E-state index in [2.05, 4.69) is 6.92 Å². The topological polar surface area (TPSA) is 120 Å². The van der Waals surface area contributed by atoms with Crippen LogP contribution in [-0.4, -0.2) is 30.7 Å². The third kappa shape index (κ3) is 4.62. The summed E-state index contributed by atoms with van der Waals surface area (Å²) >= 11 is 0. The van der Waals surface area contributed by atoms with E-state index in [0.29, 0.717) is 31.0 Å². The van der Waals surface area contributed by atoms with E-state index >= 15 is 0 Å². The van der Waals surface area contributed by atoms with Crippen molar-refractivity contribution in [3.63, 3.8) is 0 Å². The van der Waals surface area contributed by atoms with Gasteiger partial charge in [0.05, 0.1) is 9.82 Å². The smallest absolute Gasteiger partial charge is 0.336 e. The van der Waals surface area contributed by atoms with Gasteiger partial charge in [0, 0.05) is 36.7 Å². The number of aryl methyl sites for hydroxylation is 1. The van der Waals surface area contributed by atoms with Gasteiger partial charge in [0.1, 0.15) is 11.3 Å². The zero-order valence-corrected chi connectivity index (χ0v) is 19.1. The molecule has 4 rings (SSSR count). The first-order valence-electron chi connectivity index (χ1n) is 10.7. The maximum atomic E-state index is 13.0. The van der Waals surface area contributed by atoms with E-state index in [1.54, 1.807) is 12.1 Å². The number of nitro benzene ring substituents is 1. The summed E-state index contributed by atoms with van der Waals surface area (Å²) in [5, 5.41) is 12.5. The number of ether oxygens (including phenoxy) is 1. The maximum Gasteiger partial charge on any atom is 0.336 e. The van der Waals surface area contributed by atoms with E-state index in [1.807, 2.05) is 6.92 Å². The molecule has 1 saturated heterocycles. The Hall–Kier alpha value is -3.24. The van der Waals surface area contributed by atoms with Gasteiger partial charge in [-0.15, -0.1) is 0 Å². The minimum atomic E-state index is -3.85. The van der Waals surface area contributed by atoms with Crippen LogP contribution >= 0.6 is 0 Å². The first-order chi connectivity index (χ1) is 15.7. The summed E-state index contributed by atoms with van der Waals surface area (Å²) in [5.74, 6) is 0.559. The molecule has 0 bridgehead atoms. The highest BCUT2D eigenvalue weighted by atomic mass is 32.2. The van der Waals surface area contributed by atoms with Crippen molar-refractivity contribution in [2.24, 2.45) is 5.92 Å². The second-order valence-corrected chi connectivity index (χ2v) is 10.1. The first kappa shape index (κ1) is 22.9. The van der Waals surface area contributed by atoms with Gasteiger partial charge in [0.2, 0.25) is 15.8 Å². The lowest BCUT2D eigenvalue weighted by Gasteiger charge is -2.29. The number of nitro groups is 1. The van der Waals surface area contributed by atoms with Crippen molar-refractivity contribution in [2.45, 2.75) is 38.0 Å². The van der Waals surface area contributed by atoms with Crippen LogP contribution in [0.5, 0.6) is 11.5 Å². The molecule has 1 aromatic heterocycles. The number of piperidine rings is 1. The van der Waals surface area contributed by atoms with Crippen LogP contribution in [0.1, 0.15) is 32.3 Å². The lowest BCUT2D eigenvalue weighted by molar-refractivity contribution is -0.385. The summed E-state index contributed by atoms with van der Waals surface area (Å²) < 4.78 is 38.3. The minimum absolute atomic E-state index is 0.112. The average Bonchev–Trinajstić information content (AvgIpc) is 2.78. The second kappa shape index (κ2) is 8.95. The van der Waals surface area contributed by atoms with Gasteiger partial charge in [-0.1, -0.05) is 13.8 Å². The normalized spacial score (nSPS) is 15.6. The molecule has 1 aliphatic rings. The van der Waals surface area contributed by atoms with E-state index in [0.717, 1.165) is 29.9 Å². The highest BCUT2D eigenvalue weighted by molar-refractivity contribution is 7.89. The van der Waals surface area contributed by atoms with Crippen molar-refractivity contribution < 1.29 is 22.5 Å². The van der Waals surface area contributed by atoms with Crippen LogP contribution in [0.25, 0.3) is 11.0 Å². The summed E-state index contributed by atoms with van der Waals surface area (Å²) in [6.45, 7) is 4.76. The van der Waals surface area contributed by atoms with Crippen molar-refractivity contribution in [1.29, 1.82) is 0 Å². The highest BCUT2D eigenvalue weighted by Gasteiger charge is 2.30. The Morgan fingerprint density at radius 2 is 1.88 bits per heavy atom. The number of nitrogens with zero attached hydrogens (tertiary/aromatic N) is 2. The predicted molar refractivity (Wildman–Crippen MR) is 122 cm³/mol. The molecule has 0 aliphatic carbocycles. The van der Waals surface area contributed by atoms with Gasteiger partial charge in [-0.3, -0.25) is 10.1 Å². The molecule has 1 fully saturated rings. The predicted octanol–water partition coefficient (Wildman–Crippen LogP) is 4.48. The van der Waals surface area contributed by atoms with Crippen LogP contribution < -0.4 is 10.4 Å². The summed E-state index contributed by atoms with van der Waals surface area (Å²) in [6.07, 6.45) is 2.14. The Kier molecular flexibility index (Phi) is 6.22. The van der Waals surface area contributed by atoms with E-state index in [1.165, 1.54) is 28.6 Å². The van der Waals surface area contributed by atoms with Crippen LogP contribution in [0.4, 0.5) is 5.69 Å². The number of rotatable bonds is 6. The molecule has 10 heteroatoms. The van der Waals surface area contributed by atoms with Gasteiger partial charge in [-0.05, 0) is 55.0 Å². The van der Waals surface area contributed by atoms with E-state index in [4.69, 9.17) is 9.15 Å². The average molecular weight is 473 g/mol. The number of hydrogen-bond acceptors (Lipinski definition) is 7. The summed E-state index contributed by atoms with van der Waals surface area (Å²) in [6, 6.07) is 9.86. The van der Waals surface area contributed by atoms with Crippen molar-refractivity contribution >= 4 is 26.7 Å². The Morgan fingerprint density at radius 3 is 2.55 bits per heavy atom. The van der Waals surface area contributed by atoms with Crippen LogP contribution in [0, 0.1) is 16.0 Å². The molecule has 33 heavy (non-hydrogen) atoms. The molecule has 2 aromatic carbocycles. The molecule has 0 spiro atoms. The lowest BCUT2D eigenvalue weighted by Crippen LogP contribution is -2.37. The fraction of sp³-hybridized carbons (Fsp3) is 0.348. The Balaban J connectivity index is 1.68. The number of fused-ring (bicyclic) bond motifs is 1. The Labute approximate surface area is 190 Å². The Morgan fingerprint density at radius 1 is 1.15 bits per heavy atom. The molecule has 1 aliphatic heterocycles. The van der Waals surface area contributed by atoms with E-state index < -0.39 is 26.3 Å². The lowest BCUT2D eigenvalue weighted by atomic mass is 10.0. The molecular formula is C23H24N2O7S.